The van der Waals surface area contributed by atoms with Crippen LogP contribution in [0.3, 0.4) is 0 Å². The minimum atomic E-state index is 0.703. The molecule has 3 nitrogen and oxygen atoms in total. The van der Waals surface area contributed by atoms with Crippen molar-refractivity contribution in [1.29, 1.82) is 0 Å². The number of anilines is 1. The van der Waals surface area contributed by atoms with Crippen LogP contribution in [0.25, 0.3) is 11.1 Å². The van der Waals surface area contributed by atoms with Gasteiger partial charge in [0.25, 0.3) is 0 Å². The number of hydrogen-bond donors (Lipinski definition) is 1. The van der Waals surface area contributed by atoms with Crippen LogP contribution in [0.1, 0.15) is 17.0 Å². The van der Waals surface area contributed by atoms with Crippen LogP contribution in [-0.4, -0.2) is 4.98 Å². The summed E-state index contributed by atoms with van der Waals surface area (Å²) >= 11 is 0. The second-order valence-electron chi connectivity index (χ2n) is 4.46. The number of fused-ring (bicyclic) bond motifs is 1. The Bertz CT molecular complexity index is 686. The lowest BCUT2D eigenvalue weighted by molar-refractivity contribution is 0.542. The third-order valence-electron chi connectivity index (χ3n) is 2.94. The first-order valence-corrected chi connectivity index (χ1v) is 5.92. The van der Waals surface area contributed by atoms with Gasteiger partial charge in [0.05, 0.1) is 0 Å². The number of aryl methyl sites for hydroxylation is 1. The van der Waals surface area contributed by atoms with Crippen molar-refractivity contribution >= 4 is 16.8 Å². The average molecular weight is 238 g/mol. The van der Waals surface area contributed by atoms with Crippen LogP contribution in [0.2, 0.25) is 0 Å². The minimum absolute atomic E-state index is 0.703. The highest BCUT2D eigenvalue weighted by molar-refractivity contribution is 5.80. The number of benzene rings is 2. The molecule has 0 saturated carbocycles. The van der Waals surface area contributed by atoms with E-state index in [0.29, 0.717) is 6.42 Å². The van der Waals surface area contributed by atoms with Gasteiger partial charge in [-0.05, 0) is 30.2 Å². The molecule has 0 bridgehead atoms. The number of nitrogen functional groups attached to an aromatic ring is 1. The van der Waals surface area contributed by atoms with Gasteiger partial charge in [-0.2, -0.15) is 0 Å². The van der Waals surface area contributed by atoms with E-state index in [0.717, 1.165) is 28.2 Å². The SMILES string of the molecule is Cc1cc(N)cc2nc(Cc3ccccc3)oc12. The summed E-state index contributed by atoms with van der Waals surface area (Å²) in [6.45, 7) is 1.98. The lowest BCUT2D eigenvalue weighted by Gasteiger charge is -1.96. The fraction of sp³-hybridized carbons (Fsp3) is 0.133. The first-order valence-electron chi connectivity index (χ1n) is 5.92. The van der Waals surface area contributed by atoms with Crippen molar-refractivity contribution in [3.05, 3.63) is 59.5 Å². The number of nitrogens with zero attached hydrogens (tertiary/aromatic N) is 1. The third-order valence-corrected chi connectivity index (χ3v) is 2.94. The fourth-order valence-corrected chi connectivity index (χ4v) is 2.12. The van der Waals surface area contributed by atoms with E-state index in [1.54, 1.807) is 0 Å². The second-order valence-corrected chi connectivity index (χ2v) is 4.46. The summed E-state index contributed by atoms with van der Waals surface area (Å²) in [6.07, 6.45) is 0.703. The Balaban J connectivity index is 2.01. The van der Waals surface area contributed by atoms with Crippen molar-refractivity contribution in [2.45, 2.75) is 13.3 Å². The zero-order valence-electron chi connectivity index (χ0n) is 10.2. The van der Waals surface area contributed by atoms with E-state index >= 15 is 0 Å². The Morgan fingerprint density at radius 3 is 2.72 bits per heavy atom. The lowest BCUT2D eigenvalue weighted by atomic mass is 10.1. The van der Waals surface area contributed by atoms with Crippen LogP contribution in [-0.2, 0) is 6.42 Å². The molecule has 0 aliphatic heterocycles. The molecule has 0 radical (unpaired) electrons. The van der Waals surface area contributed by atoms with Crippen molar-refractivity contribution in [3.8, 4) is 0 Å². The molecule has 3 rings (SSSR count). The van der Waals surface area contributed by atoms with E-state index in [4.69, 9.17) is 10.2 Å². The lowest BCUT2D eigenvalue weighted by Crippen LogP contribution is -1.87. The summed E-state index contributed by atoms with van der Waals surface area (Å²) in [5, 5.41) is 0. The van der Waals surface area contributed by atoms with E-state index in [-0.39, 0.29) is 0 Å². The van der Waals surface area contributed by atoms with Crippen molar-refractivity contribution in [3.63, 3.8) is 0 Å². The Morgan fingerprint density at radius 2 is 1.94 bits per heavy atom. The molecular formula is C15H14N2O. The maximum absolute atomic E-state index is 5.80. The standard InChI is InChI=1S/C15H14N2O/c1-10-7-12(16)9-13-15(10)18-14(17-13)8-11-5-3-2-4-6-11/h2-7,9H,8,16H2,1H3. The maximum atomic E-state index is 5.80. The molecule has 0 atom stereocenters. The highest BCUT2D eigenvalue weighted by atomic mass is 16.3. The van der Waals surface area contributed by atoms with Gasteiger partial charge >= 0.3 is 0 Å². The Morgan fingerprint density at radius 1 is 1.17 bits per heavy atom. The van der Waals surface area contributed by atoms with Crippen molar-refractivity contribution in [1.82, 2.24) is 4.98 Å². The summed E-state index contributed by atoms with van der Waals surface area (Å²) in [7, 11) is 0. The molecule has 0 aliphatic carbocycles. The largest absolute Gasteiger partial charge is 0.440 e. The van der Waals surface area contributed by atoms with Crippen molar-refractivity contribution in [2.75, 3.05) is 5.73 Å². The van der Waals surface area contributed by atoms with E-state index in [2.05, 4.69) is 17.1 Å². The van der Waals surface area contributed by atoms with Crippen LogP contribution in [0.15, 0.2) is 46.9 Å². The van der Waals surface area contributed by atoms with Crippen LogP contribution in [0.5, 0.6) is 0 Å². The molecule has 3 aromatic rings. The summed E-state index contributed by atoms with van der Waals surface area (Å²) in [5.41, 5.74) is 10.4. The van der Waals surface area contributed by atoms with Gasteiger partial charge in [0, 0.05) is 12.1 Å². The molecule has 3 heteroatoms. The van der Waals surface area contributed by atoms with Crippen LogP contribution >= 0.6 is 0 Å². The molecule has 18 heavy (non-hydrogen) atoms. The number of oxazole rings is 1. The second kappa shape index (κ2) is 4.18. The zero-order chi connectivity index (χ0) is 12.5. The predicted octanol–water partition coefficient (Wildman–Crippen LogP) is 3.31. The smallest absolute Gasteiger partial charge is 0.199 e. The first-order chi connectivity index (χ1) is 8.72. The molecule has 0 amide bonds. The molecule has 0 fully saturated rings. The van der Waals surface area contributed by atoms with E-state index < -0.39 is 0 Å². The molecule has 0 spiro atoms. The number of rotatable bonds is 2. The van der Waals surface area contributed by atoms with E-state index in [9.17, 15) is 0 Å². The normalized spacial score (nSPS) is 10.9. The Labute approximate surface area is 105 Å². The summed E-state index contributed by atoms with van der Waals surface area (Å²) < 4.78 is 5.79. The highest BCUT2D eigenvalue weighted by Crippen LogP contribution is 2.23. The number of aromatic nitrogens is 1. The molecule has 2 N–H and O–H groups in total. The van der Waals surface area contributed by atoms with E-state index in [1.807, 2.05) is 37.3 Å². The summed E-state index contributed by atoms with van der Waals surface area (Å²) in [6, 6.07) is 13.9. The molecule has 0 aliphatic rings. The van der Waals surface area contributed by atoms with Gasteiger partial charge in [-0.3, -0.25) is 0 Å². The summed E-state index contributed by atoms with van der Waals surface area (Å²) in [4.78, 5) is 4.48. The highest BCUT2D eigenvalue weighted by Gasteiger charge is 2.09. The van der Waals surface area contributed by atoms with Crippen LogP contribution in [0.4, 0.5) is 5.69 Å². The van der Waals surface area contributed by atoms with Gasteiger partial charge in [0.1, 0.15) is 5.52 Å². The third kappa shape index (κ3) is 1.95. The Kier molecular flexibility index (Phi) is 2.52. The topological polar surface area (TPSA) is 52.0 Å². The summed E-state index contributed by atoms with van der Waals surface area (Å²) in [5.74, 6) is 0.727. The number of nitrogens with two attached hydrogens (primary N) is 1. The first kappa shape index (κ1) is 10.8. The zero-order valence-corrected chi connectivity index (χ0v) is 10.2. The minimum Gasteiger partial charge on any atom is -0.440 e. The Hall–Kier alpha value is -2.29. The van der Waals surface area contributed by atoms with Gasteiger partial charge in [-0.25, -0.2) is 4.98 Å². The predicted molar refractivity (Wildman–Crippen MR) is 72.4 cm³/mol. The van der Waals surface area contributed by atoms with Gasteiger partial charge in [0.2, 0.25) is 0 Å². The molecule has 1 heterocycles. The maximum Gasteiger partial charge on any atom is 0.199 e. The number of hydrogen-bond acceptors (Lipinski definition) is 3. The van der Waals surface area contributed by atoms with Crippen molar-refractivity contribution in [2.24, 2.45) is 0 Å². The quantitative estimate of drug-likeness (QED) is 0.697. The molecule has 2 aromatic carbocycles. The molecule has 0 saturated heterocycles. The van der Waals surface area contributed by atoms with E-state index in [1.165, 1.54) is 5.56 Å². The van der Waals surface area contributed by atoms with Gasteiger partial charge in [0.15, 0.2) is 11.5 Å². The van der Waals surface area contributed by atoms with Gasteiger partial charge in [-0.15, -0.1) is 0 Å². The average Bonchev–Trinajstić information content (AvgIpc) is 2.73. The van der Waals surface area contributed by atoms with Crippen LogP contribution in [0, 0.1) is 6.92 Å². The molecule has 1 aromatic heterocycles. The molecular weight excluding hydrogens is 224 g/mol. The van der Waals surface area contributed by atoms with Crippen molar-refractivity contribution < 1.29 is 4.42 Å². The van der Waals surface area contributed by atoms with Gasteiger partial charge in [-0.1, -0.05) is 30.3 Å². The molecule has 90 valence electrons. The van der Waals surface area contributed by atoms with Gasteiger partial charge < -0.3 is 10.2 Å². The fourth-order valence-electron chi connectivity index (χ4n) is 2.12. The monoisotopic (exact) mass is 238 g/mol. The van der Waals surface area contributed by atoms with Crippen LogP contribution < -0.4 is 5.73 Å². The molecule has 0 unspecified atom stereocenters.